The topological polar surface area (TPSA) is 23.5 Å². The summed E-state index contributed by atoms with van der Waals surface area (Å²) < 4.78 is 0. The monoisotopic (exact) mass is 593 g/mol. The molecule has 1 saturated heterocycles. The summed E-state index contributed by atoms with van der Waals surface area (Å²) in [5, 5.41) is 15.5. The third-order valence-electron chi connectivity index (χ3n) is 10.7. The van der Waals surface area contributed by atoms with E-state index in [4.69, 9.17) is 0 Å². The first kappa shape index (κ1) is 29.0. The van der Waals surface area contributed by atoms with Crippen LogP contribution in [0.2, 0.25) is 12.6 Å². The smallest absolute Gasteiger partial charge is 0.117 e. The molecule has 7 rings (SSSR count). The molecule has 0 spiro atoms. The fraction of sp³-hybridized carbons (Fsp3) is 0.268. The minimum absolute atomic E-state index is 0.0326. The number of aliphatic hydroxyl groups is 1. The third kappa shape index (κ3) is 4.97. The maximum atomic E-state index is 12.7. The molecule has 0 aromatic heterocycles. The fourth-order valence-electron chi connectivity index (χ4n) is 8.72. The van der Waals surface area contributed by atoms with Crippen LogP contribution < -0.4 is 10.4 Å². The Hall–Kier alpha value is -3.76. The standard InChI is InChI=1S/C41H43NOSi/c1-44(36-25-13-5-14-26-36,37-27-15-6-16-28-37)31-40(43)39-30-32-18-17-29-38(32)42(39)41(33-19-7-2-8-20-33,34-21-9-3-10-22-34)35-23-11-4-12-24-35/h2-16,19-28,32,38-40,43H,17-18,29-31H2,1H3/t32-,38-,39-,40+/m0/s1. The van der Waals surface area contributed by atoms with Gasteiger partial charge in [-0.25, -0.2) is 0 Å². The van der Waals surface area contributed by atoms with Crippen molar-refractivity contribution in [1.82, 2.24) is 4.90 Å². The van der Waals surface area contributed by atoms with Crippen LogP contribution in [0.5, 0.6) is 0 Å². The summed E-state index contributed by atoms with van der Waals surface area (Å²) in [6.45, 7) is 2.46. The molecule has 1 heterocycles. The Bertz CT molecular complexity index is 1490. The van der Waals surface area contributed by atoms with Crippen LogP contribution in [-0.2, 0) is 5.54 Å². The van der Waals surface area contributed by atoms with E-state index in [-0.39, 0.29) is 6.04 Å². The molecule has 1 N–H and O–H groups in total. The molecule has 0 unspecified atom stereocenters. The second-order valence-corrected chi connectivity index (χ2v) is 17.3. The number of likely N-dealkylation sites (tertiary alicyclic amines) is 1. The van der Waals surface area contributed by atoms with Gasteiger partial charge < -0.3 is 5.11 Å². The maximum absolute atomic E-state index is 12.7. The maximum Gasteiger partial charge on any atom is 0.117 e. The molecule has 0 amide bonds. The zero-order chi connectivity index (χ0) is 30.0. The number of hydrogen-bond donors (Lipinski definition) is 1. The summed E-state index contributed by atoms with van der Waals surface area (Å²) in [6.07, 6.45) is 4.24. The number of aliphatic hydroxyl groups excluding tert-OH is 1. The van der Waals surface area contributed by atoms with Gasteiger partial charge in [0.1, 0.15) is 8.07 Å². The van der Waals surface area contributed by atoms with Gasteiger partial charge in [0.2, 0.25) is 0 Å². The summed E-state index contributed by atoms with van der Waals surface area (Å²) in [7, 11) is -2.27. The van der Waals surface area contributed by atoms with Crippen molar-refractivity contribution in [2.24, 2.45) is 5.92 Å². The van der Waals surface area contributed by atoms with Crippen molar-refractivity contribution in [3.8, 4) is 0 Å². The molecular formula is C41H43NOSi. The molecule has 0 radical (unpaired) electrons. The third-order valence-corrected chi connectivity index (χ3v) is 15.2. The van der Waals surface area contributed by atoms with E-state index in [9.17, 15) is 5.11 Å². The highest BCUT2D eigenvalue weighted by atomic mass is 28.3. The van der Waals surface area contributed by atoms with Crippen molar-refractivity contribution < 1.29 is 5.11 Å². The van der Waals surface area contributed by atoms with Crippen LogP contribution in [0.1, 0.15) is 42.4 Å². The van der Waals surface area contributed by atoms with Crippen LogP contribution in [0.15, 0.2) is 152 Å². The molecule has 44 heavy (non-hydrogen) atoms. The van der Waals surface area contributed by atoms with Crippen LogP contribution in [-0.4, -0.2) is 36.3 Å². The SMILES string of the molecule is C[Si](C[C@@H](O)[C@@H]1C[C@@H]2CCC[C@@H]2N1C(c1ccccc1)(c1ccccc1)c1ccccc1)(c1ccccc1)c1ccccc1. The van der Waals surface area contributed by atoms with Crippen molar-refractivity contribution >= 4 is 18.4 Å². The van der Waals surface area contributed by atoms with Crippen molar-refractivity contribution in [1.29, 1.82) is 0 Å². The lowest BCUT2D eigenvalue weighted by Crippen LogP contribution is -2.61. The van der Waals surface area contributed by atoms with Gasteiger partial charge in [0.15, 0.2) is 0 Å². The molecule has 2 aliphatic rings. The summed E-state index contributed by atoms with van der Waals surface area (Å²) in [6, 6.07) is 56.5. The van der Waals surface area contributed by atoms with Crippen molar-refractivity contribution in [3.63, 3.8) is 0 Å². The highest BCUT2D eigenvalue weighted by Crippen LogP contribution is 2.54. The van der Waals surface area contributed by atoms with Gasteiger partial charge in [0.25, 0.3) is 0 Å². The van der Waals surface area contributed by atoms with Gasteiger partial charge in [-0.2, -0.15) is 0 Å². The Morgan fingerprint density at radius 3 is 1.48 bits per heavy atom. The molecule has 2 fully saturated rings. The first-order chi connectivity index (χ1) is 21.6. The van der Waals surface area contributed by atoms with E-state index in [2.05, 4.69) is 163 Å². The molecule has 3 heteroatoms. The van der Waals surface area contributed by atoms with Crippen LogP contribution in [0.4, 0.5) is 0 Å². The molecule has 5 aromatic carbocycles. The Kier molecular flexibility index (Phi) is 8.11. The Morgan fingerprint density at radius 2 is 1.05 bits per heavy atom. The van der Waals surface area contributed by atoms with Gasteiger partial charge in [-0.1, -0.05) is 175 Å². The highest BCUT2D eigenvalue weighted by Gasteiger charge is 2.57. The zero-order valence-electron chi connectivity index (χ0n) is 25.7. The lowest BCUT2D eigenvalue weighted by molar-refractivity contribution is 0.0176. The van der Waals surface area contributed by atoms with E-state index < -0.39 is 19.7 Å². The number of rotatable bonds is 9. The first-order valence-corrected chi connectivity index (χ1v) is 19.1. The van der Waals surface area contributed by atoms with Gasteiger partial charge in [-0.3, -0.25) is 4.90 Å². The number of hydrogen-bond acceptors (Lipinski definition) is 2. The van der Waals surface area contributed by atoms with Gasteiger partial charge in [-0.15, -0.1) is 0 Å². The van der Waals surface area contributed by atoms with Gasteiger partial charge in [0, 0.05) is 12.1 Å². The van der Waals surface area contributed by atoms with Crippen molar-refractivity contribution in [2.45, 2.75) is 62.0 Å². The molecular weight excluding hydrogens is 551 g/mol. The molecule has 5 aromatic rings. The molecule has 1 aliphatic heterocycles. The van der Waals surface area contributed by atoms with Crippen LogP contribution in [0.3, 0.4) is 0 Å². The molecule has 1 saturated carbocycles. The second-order valence-electron chi connectivity index (χ2n) is 13.1. The number of benzene rings is 5. The van der Waals surface area contributed by atoms with E-state index in [0.717, 1.165) is 12.5 Å². The van der Waals surface area contributed by atoms with Gasteiger partial charge in [0.05, 0.1) is 11.6 Å². The Morgan fingerprint density at radius 1 is 0.636 bits per heavy atom. The fourth-order valence-corrected chi connectivity index (χ4v) is 12.5. The lowest BCUT2D eigenvalue weighted by Gasteiger charge is -2.50. The number of fused-ring (bicyclic) bond motifs is 1. The summed E-state index contributed by atoms with van der Waals surface area (Å²) >= 11 is 0. The average Bonchev–Trinajstić information content (AvgIpc) is 3.70. The van der Waals surface area contributed by atoms with E-state index in [1.54, 1.807) is 0 Å². The summed E-state index contributed by atoms with van der Waals surface area (Å²) in [4.78, 5) is 2.81. The van der Waals surface area contributed by atoms with E-state index in [0.29, 0.717) is 12.0 Å². The molecule has 2 nitrogen and oxygen atoms in total. The predicted molar refractivity (Wildman–Crippen MR) is 185 cm³/mol. The minimum Gasteiger partial charge on any atom is -0.392 e. The number of nitrogens with zero attached hydrogens (tertiary/aromatic N) is 1. The summed E-state index contributed by atoms with van der Waals surface area (Å²) in [5.74, 6) is 0.589. The Labute approximate surface area is 264 Å². The second kappa shape index (κ2) is 12.3. The van der Waals surface area contributed by atoms with Crippen LogP contribution in [0.25, 0.3) is 0 Å². The summed E-state index contributed by atoms with van der Waals surface area (Å²) in [5.41, 5.74) is 3.30. The first-order valence-electron chi connectivity index (χ1n) is 16.4. The quantitative estimate of drug-likeness (QED) is 0.142. The van der Waals surface area contributed by atoms with Crippen LogP contribution >= 0.6 is 0 Å². The van der Waals surface area contributed by atoms with Crippen molar-refractivity contribution in [3.05, 3.63) is 168 Å². The molecule has 0 bridgehead atoms. The Balaban J connectivity index is 1.41. The average molecular weight is 594 g/mol. The van der Waals surface area contributed by atoms with E-state index in [1.165, 1.54) is 46.3 Å². The molecule has 4 atom stereocenters. The van der Waals surface area contributed by atoms with E-state index in [1.807, 2.05) is 0 Å². The normalized spacial score (nSPS) is 21.2. The van der Waals surface area contributed by atoms with Gasteiger partial charge in [-0.05, 0) is 47.9 Å². The largest absolute Gasteiger partial charge is 0.392 e. The predicted octanol–water partition coefficient (Wildman–Crippen LogP) is 7.48. The van der Waals surface area contributed by atoms with Gasteiger partial charge >= 0.3 is 0 Å². The molecule has 222 valence electrons. The lowest BCUT2D eigenvalue weighted by atomic mass is 9.74. The highest BCUT2D eigenvalue weighted by molar-refractivity contribution is 7.01. The molecule has 1 aliphatic carbocycles. The van der Waals surface area contributed by atoms with E-state index >= 15 is 0 Å². The zero-order valence-corrected chi connectivity index (χ0v) is 26.7. The minimum atomic E-state index is -2.27. The van der Waals surface area contributed by atoms with Crippen LogP contribution in [0, 0.1) is 5.92 Å². The van der Waals surface area contributed by atoms with Crippen molar-refractivity contribution in [2.75, 3.05) is 0 Å².